The molecule has 0 radical (unpaired) electrons. The van der Waals surface area contributed by atoms with Crippen LogP contribution in [0.5, 0.6) is 0 Å². The van der Waals surface area contributed by atoms with Crippen molar-refractivity contribution in [2.24, 2.45) is 0 Å². The molecular weight excluding hydrogens is 316 g/mol. The molecule has 1 heterocycles. The Morgan fingerprint density at radius 1 is 1.28 bits per heavy atom. The number of benzene rings is 1. The summed E-state index contributed by atoms with van der Waals surface area (Å²) in [6.45, 7) is 0.456. The van der Waals surface area contributed by atoms with E-state index in [-0.39, 0.29) is 5.91 Å². The molecule has 2 aromatic rings. The van der Waals surface area contributed by atoms with Crippen molar-refractivity contribution in [3.8, 4) is 0 Å². The first-order chi connectivity index (χ1) is 8.66. The second-order valence-electron chi connectivity index (χ2n) is 3.65. The zero-order valence-electron chi connectivity index (χ0n) is 9.36. The second kappa shape index (κ2) is 5.98. The van der Waals surface area contributed by atoms with E-state index in [2.05, 4.69) is 26.2 Å². The summed E-state index contributed by atoms with van der Waals surface area (Å²) >= 11 is 9.03. The number of halogens is 2. The van der Waals surface area contributed by atoms with Gasteiger partial charge in [0, 0.05) is 17.8 Å². The number of hydrogen-bond donors (Lipinski definition) is 1. The van der Waals surface area contributed by atoms with Gasteiger partial charge in [0.05, 0.1) is 5.56 Å². The van der Waals surface area contributed by atoms with E-state index in [0.29, 0.717) is 21.7 Å². The summed E-state index contributed by atoms with van der Waals surface area (Å²) in [5, 5.41) is 3.50. The first-order valence-corrected chi connectivity index (χ1v) is 6.47. The minimum atomic E-state index is -0.162. The van der Waals surface area contributed by atoms with Crippen LogP contribution >= 0.6 is 27.5 Å². The van der Waals surface area contributed by atoms with E-state index < -0.39 is 0 Å². The highest BCUT2D eigenvalue weighted by Crippen LogP contribution is 2.13. The summed E-state index contributed by atoms with van der Waals surface area (Å²) in [6.07, 6.45) is 1.63. The fraction of sp³-hybridized carbons (Fsp3) is 0.0769. The van der Waals surface area contributed by atoms with E-state index in [1.165, 1.54) is 0 Å². The third-order valence-corrected chi connectivity index (χ3v) is 3.25. The molecule has 0 aliphatic carbocycles. The molecule has 0 saturated carbocycles. The van der Waals surface area contributed by atoms with Crippen LogP contribution in [0.1, 0.15) is 15.9 Å². The van der Waals surface area contributed by atoms with E-state index in [4.69, 9.17) is 11.6 Å². The van der Waals surface area contributed by atoms with Gasteiger partial charge < -0.3 is 5.32 Å². The van der Waals surface area contributed by atoms with Gasteiger partial charge in [0.1, 0.15) is 4.60 Å². The number of nitrogens with zero attached hydrogens (tertiary/aromatic N) is 1. The first-order valence-electron chi connectivity index (χ1n) is 5.30. The Hall–Kier alpha value is -1.39. The quantitative estimate of drug-likeness (QED) is 0.879. The van der Waals surface area contributed by atoms with Gasteiger partial charge >= 0.3 is 0 Å². The summed E-state index contributed by atoms with van der Waals surface area (Å²) in [4.78, 5) is 15.9. The Morgan fingerprint density at radius 2 is 2.00 bits per heavy atom. The van der Waals surface area contributed by atoms with Crippen LogP contribution in [-0.4, -0.2) is 10.9 Å². The van der Waals surface area contributed by atoms with Crippen molar-refractivity contribution in [2.45, 2.75) is 6.54 Å². The molecule has 0 aliphatic rings. The fourth-order valence-electron chi connectivity index (χ4n) is 1.44. The van der Waals surface area contributed by atoms with E-state index >= 15 is 0 Å². The van der Waals surface area contributed by atoms with Crippen LogP contribution in [0.15, 0.2) is 47.2 Å². The van der Waals surface area contributed by atoms with Crippen LogP contribution in [-0.2, 0) is 6.54 Å². The summed E-state index contributed by atoms with van der Waals surface area (Å²) < 4.78 is 0.540. The molecule has 5 heteroatoms. The Bertz CT molecular complexity index is 557. The zero-order valence-corrected chi connectivity index (χ0v) is 11.7. The van der Waals surface area contributed by atoms with Gasteiger partial charge in [0.2, 0.25) is 0 Å². The first kappa shape index (κ1) is 13.1. The van der Waals surface area contributed by atoms with Gasteiger partial charge in [-0.1, -0.05) is 23.7 Å². The van der Waals surface area contributed by atoms with E-state index in [1.54, 1.807) is 30.5 Å². The molecule has 18 heavy (non-hydrogen) atoms. The Kier molecular flexibility index (Phi) is 4.33. The summed E-state index contributed by atoms with van der Waals surface area (Å²) in [5.74, 6) is -0.162. The SMILES string of the molecule is O=C(NCc1ccc(Cl)cc1)c1cccnc1Br. The Labute approximate surface area is 118 Å². The average molecular weight is 326 g/mol. The Morgan fingerprint density at radius 3 is 2.67 bits per heavy atom. The number of hydrogen-bond acceptors (Lipinski definition) is 2. The lowest BCUT2D eigenvalue weighted by Crippen LogP contribution is -2.23. The number of carbonyl (C=O) groups excluding carboxylic acids is 1. The van der Waals surface area contributed by atoms with Gasteiger partial charge in [-0.15, -0.1) is 0 Å². The third kappa shape index (κ3) is 3.31. The molecule has 1 aromatic heterocycles. The highest BCUT2D eigenvalue weighted by molar-refractivity contribution is 9.10. The monoisotopic (exact) mass is 324 g/mol. The van der Waals surface area contributed by atoms with E-state index in [1.807, 2.05) is 12.1 Å². The van der Waals surface area contributed by atoms with Crippen molar-refractivity contribution in [3.05, 3.63) is 63.3 Å². The third-order valence-electron chi connectivity index (χ3n) is 2.37. The lowest BCUT2D eigenvalue weighted by atomic mass is 10.2. The molecule has 3 nitrogen and oxygen atoms in total. The maximum absolute atomic E-state index is 11.9. The van der Waals surface area contributed by atoms with Crippen LogP contribution in [0.4, 0.5) is 0 Å². The molecule has 0 unspecified atom stereocenters. The van der Waals surface area contributed by atoms with Crippen molar-refractivity contribution in [3.63, 3.8) is 0 Å². The van der Waals surface area contributed by atoms with Crippen molar-refractivity contribution in [1.82, 2.24) is 10.3 Å². The lowest BCUT2D eigenvalue weighted by molar-refractivity contribution is 0.0949. The molecule has 0 atom stereocenters. The lowest BCUT2D eigenvalue weighted by Gasteiger charge is -2.06. The van der Waals surface area contributed by atoms with Crippen LogP contribution in [0.2, 0.25) is 5.02 Å². The van der Waals surface area contributed by atoms with Gasteiger partial charge in [-0.25, -0.2) is 4.98 Å². The van der Waals surface area contributed by atoms with Crippen molar-refractivity contribution in [1.29, 1.82) is 0 Å². The molecule has 0 saturated heterocycles. The van der Waals surface area contributed by atoms with Gasteiger partial charge in [0.25, 0.3) is 5.91 Å². The molecule has 1 aromatic carbocycles. The van der Waals surface area contributed by atoms with Gasteiger partial charge in [-0.3, -0.25) is 4.79 Å². The molecule has 1 N–H and O–H groups in total. The maximum atomic E-state index is 11.9. The number of nitrogens with one attached hydrogen (secondary N) is 1. The summed E-state index contributed by atoms with van der Waals surface area (Å²) in [7, 11) is 0. The summed E-state index contributed by atoms with van der Waals surface area (Å²) in [5.41, 5.74) is 1.51. The molecule has 92 valence electrons. The topological polar surface area (TPSA) is 42.0 Å². The smallest absolute Gasteiger partial charge is 0.254 e. The average Bonchev–Trinajstić information content (AvgIpc) is 2.38. The fourth-order valence-corrected chi connectivity index (χ4v) is 1.99. The maximum Gasteiger partial charge on any atom is 0.254 e. The predicted octanol–water partition coefficient (Wildman–Crippen LogP) is 3.43. The van der Waals surface area contributed by atoms with Crippen LogP contribution in [0.25, 0.3) is 0 Å². The molecule has 0 fully saturated rings. The molecule has 0 aliphatic heterocycles. The normalized spacial score (nSPS) is 10.1. The van der Waals surface area contributed by atoms with Gasteiger partial charge in [0.15, 0.2) is 0 Å². The standard InChI is InChI=1S/C13H10BrClN2O/c14-12-11(2-1-7-16-12)13(18)17-8-9-3-5-10(15)6-4-9/h1-7H,8H2,(H,17,18). The zero-order chi connectivity index (χ0) is 13.0. The van der Waals surface area contributed by atoms with Gasteiger partial charge in [-0.2, -0.15) is 0 Å². The molecule has 0 spiro atoms. The molecule has 0 bridgehead atoms. The van der Waals surface area contributed by atoms with Crippen molar-refractivity contribution in [2.75, 3.05) is 0 Å². The minimum absolute atomic E-state index is 0.162. The molecule has 1 amide bonds. The number of aromatic nitrogens is 1. The van der Waals surface area contributed by atoms with Crippen LogP contribution in [0.3, 0.4) is 0 Å². The van der Waals surface area contributed by atoms with E-state index in [9.17, 15) is 4.79 Å². The number of rotatable bonds is 3. The largest absolute Gasteiger partial charge is 0.348 e. The number of pyridine rings is 1. The second-order valence-corrected chi connectivity index (χ2v) is 4.84. The summed E-state index contributed by atoms with van der Waals surface area (Å²) in [6, 6.07) is 10.8. The minimum Gasteiger partial charge on any atom is -0.348 e. The van der Waals surface area contributed by atoms with Gasteiger partial charge in [-0.05, 0) is 45.8 Å². The van der Waals surface area contributed by atoms with Crippen LogP contribution in [0, 0.1) is 0 Å². The Balaban J connectivity index is 2.01. The molecule has 2 rings (SSSR count). The van der Waals surface area contributed by atoms with Crippen LogP contribution < -0.4 is 5.32 Å². The number of amides is 1. The van der Waals surface area contributed by atoms with Crippen molar-refractivity contribution >= 4 is 33.4 Å². The highest BCUT2D eigenvalue weighted by atomic mass is 79.9. The highest BCUT2D eigenvalue weighted by Gasteiger charge is 2.09. The number of carbonyl (C=O) groups is 1. The van der Waals surface area contributed by atoms with E-state index in [0.717, 1.165) is 5.56 Å². The van der Waals surface area contributed by atoms with Crippen molar-refractivity contribution < 1.29 is 4.79 Å². The predicted molar refractivity (Wildman–Crippen MR) is 74.6 cm³/mol. The molecular formula is C13H10BrClN2O.